The van der Waals surface area contributed by atoms with E-state index >= 15 is 0 Å². The van der Waals surface area contributed by atoms with Crippen LogP contribution in [-0.2, 0) is 0 Å². The van der Waals surface area contributed by atoms with Gasteiger partial charge in [0, 0.05) is 5.56 Å². The number of aryl methyl sites for hydroxylation is 2. The molecule has 1 unspecified atom stereocenters. The van der Waals surface area contributed by atoms with Crippen molar-refractivity contribution in [3.05, 3.63) is 64.7 Å². The zero-order valence-electron chi connectivity index (χ0n) is 11.6. The first-order valence-electron chi connectivity index (χ1n) is 6.56. The van der Waals surface area contributed by atoms with Crippen molar-refractivity contribution in [3.8, 4) is 5.75 Å². The van der Waals surface area contributed by atoms with Crippen LogP contribution in [0.25, 0.3) is 0 Å². The third-order valence-corrected chi connectivity index (χ3v) is 4.18. The normalized spacial score (nSPS) is 12.2. The van der Waals surface area contributed by atoms with Crippen molar-refractivity contribution in [1.82, 2.24) is 0 Å². The van der Waals surface area contributed by atoms with Crippen molar-refractivity contribution in [3.63, 3.8) is 0 Å². The van der Waals surface area contributed by atoms with Gasteiger partial charge in [0.2, 0.25) is 0 Å². The van der Waals surface area contributed by atoms with Gasteiger partial charge >= 0.3 is 0 Å². The van der Waals surface area contributed by atoms with Gasteiger partial charge in [0.25, 0.3) is 0 Å². The first-order chi connectivity index (χ1) is 9.13. The molecule has 2 rings (SSSR count). The molecule has 19 heavy (non-hydrogen) atoms. The maximum absolute atomic E-state index is 5.71. The Labute approximate surface area is 123 Å². The van der Waals surface area contributed by atoms with Crippen molar-refractivity contribution in [2.45, 2.75) is 25.6 Å². The van der Waals surface area contributed by atoms with E-state index in [1.807, 2.05) is 19.1 Å². The Balaban J connectivity index is 2.41. The zero-order valence-corrected chi connectivity index (χ0v) is 13.2. The van der Waals surface area contributed by atoms with Crippen LogP contribution in [0.5, 0.6) is 5.75 Å². The van der Waals surface area contributed by atoms with Crippen LogP contribution in [0.2, 0.25) is 0 Å². The SMILES string of the molecule is CCOc1ccccc1C(Br)c1ccc(C)cc1C. The van der Waals surface area contributed by atoms with Gasteiger partial charge in [-0.25, -0.2) is 0 Å². The van der Waals surface area contributed by atoms with Crippen LogP contribution in [0.4, 0.5) is 0 Å². The molecule has 2 aromatic carbocycles. The molecule has 0 bridgehead atoms. The summed E-state index contributed by atoms with van der Waals surface area (Å²) in [7, 11) is 0. The molecule has 0 spiro atoms. The molecule has 1 nitrogen and oxygen atoms in total. The molecule has 0 aromatic heterocycles. The van der Waals surface area contributed by atoms with Gasteiger partial charge in [-0.2, -0.15) is 0 Å². The second-order valence-corrected chi connectivity index (χ2v) is 5.61. The van der Waals surface area contributed by atoms with Crippen LogP contribution >= 0.6 is 15.9 Å². The first kappa shape index (κ1) is 14.1. The molecule has 0 heterocycles. The average Bonchev–Trinajstić information content (AvgIpc) is 2.39. The maximum Gasteiger partial charge on any atom is 0.123 e. The predicted molar refractivity (Wildman–Crippen MR) is 84.3 cm³/mol. The Morgan fingerprint density at radius 2 is 1.79 bits per heavy atom. The highest BCUT2D eigenvalue weighted by Gasteiger charge is 2.16. The Morgan fingerprint density at radius 3 is 2.47 bits per heavy atom. The second kappa shape index (κ2) is 6.25. The van der Waals surface area contributed by atoms with Crippen molar-refractivity contribution >= 4 is 15.9 Å². The second-order valence-electron chi connectivity index (χ2n) is 4.69. The molecule has 0 radical (unpaired) electrons. The molecule has 0 aliphatic rings. The lowest BCUT2D eigenvalue weighted by molar-refractivity contribution is 0.337. The van der Waals surface area contributed by atoms with Gasteiger partial charge in [0.1, 0.15) is 5.75 Å². The minimum absolute atomic E-state index is 0.163. The molecule has 0 saturated heterocycles. The molecule has 0 aliphatic heterocycles. The van der Waals surface area contributed by atoms with E-state index < -0.39 is 0 Å². The van der Waals surface area contributed by atoms with E-state index in [0.29, 0.717) is 6.61 Å². The third-order valence-electron chi connectivity index (χ3n) is 3.19. The van der Waals surface area contributed by atoms with Crippen molar-refractivity contribution < 1.29 is 4.74 Å². The predicted octanol–water partition coefficient (Wildman–Crippen LogP) is 5.19. The van der Waals surface area contributed by atoms with Gasteiger partial charge in [-0.3, -0.25) is 0 Å². The number of hydrogen-bond acceptors (Lipinski definition) is 1. The highest BCUT2D eigenvalue weighted by molar-refractivity contribution is 9.09. The molecule has 0 saturated carbocycles. The molecular weight excluding hydrogens is 300 g/mol. The van der Waals surface area contributed by atoms with Crippen LogP contribution in [0.3, 0.4) is 0 Å². The summed E-state index contributed by atoms with van der Waals surface area (Å²) in [6, 6.07) is 14.8. The van der Waals surface area contributed by atoms with Crippen LogP contribution in [0, 0.1) is 13.8 Å². The van der Waals surface area contributed by atoms with Crippen LogP contribution in [-0.4, -0.2) is 6.61 Å². The van der Waals surface area contributed by atoms with Crippen LogP contribution in [0.1, 0.15) is 34.0 Å². The number of halogens is 1. The lowest BCUT2D eigenvalue weighted by Crippen LogP contribution is -2.01. The number of benzene rings is 2. The minimum atomic E-state index is 0.163. The number of para-hydroxylation sites is 1. The maximum atomic E-state index is 5.71. The summed E-state index contributed by atoms with van der Waals surface area (Å²) in [5, 5.41) is 0. The van der Waals surface area contributed by atoms with Gasteiger partial charge in [0.05, 0.1) is 11.4 Å². The topological polar surface area (TPSA) is 9.23 Å². The summed E-state index contributed by atoms with van der Waals surface area (Å²) >= 11 is 3.81. The smallest absolute Gasteiger partial charge is 0.123 e. The largest absolute Gasteiger partial charge is 0.494 e. The monoisotopic (exact) mass is 318 g/mol. The van der Waals surface area contributed by atoms with E-state index in [2.05, 4.69) is 60.1 Å². The number of ether oxygens (including phenoxy) is 1. The lowest BCUT2D eigenvalue weighted by Gasteiger charge is -2.17. The molecule has 100 valence electrons. The third kappa shape index (κ3) is 3.19. The van der Waals surface area contributed by atoms with Crippen molar-refractivity contribution in [2.75, 3.05) is 6.61 Å². The van der Waals surface area contributed by atoms with Gasteiger partial charge in [-0.15, -0.1) is 0 Å². The molecule has 2 heteroatoms. The van der Waals surface area contributed by atoms with E-state index in [9.17, 15) is 0 Å². The Hall–Kier alpha value is -1.28. The van der Waals surface area contributed by atoms with E-state index in [1.165, 1.54) is 22.3 Å². The van der Waals surface area contributed by atoms with Crippen molar-refractivity contribution in [1.29, 1.82) is 0 Å². The van der Waals surface area contributed by atoms with E-state index in [0.717, 1.165) is 5.75 Å². The Kier molecular flexibility index (Phi) is 4.65. The summed E-state index contributed by atoms with van der Waals surface area (Å²) in [6.07, 6.45) is 0. The number of alkyl halides is 1. The molecule has 2 aromatic rings. The van der Waals surface area contributed by atoms with Crippen molar-refractivity contribution in [2.24, 2.45) is 0 Å². The zero-order chi connectivity index (χ0) is 13.8. The molecule has 0 fully saturated rings. The summed E-state index contributed by atoms with van der Waals surface area (Å²) in [6.45, 7) is 6.97. The average molecular weight is 319 g/mol. The standard InChI is InChI=1S/C17H19BrO/c1-4-19-16-8-6-5-7-15(16)17(18)14-10-9-12(2)11-13(14)3/h5-11,17H,4H2,1-3H3. The molecular formula is C17H19BrO. The van der Waals surface area contributed by atoms with Gasteiger partial charge in [0.15, 0.2) is 0 Å². The summed E-state index contributed by atoms with van der Waals surface area (Å²) in [4.78, 5) is 0.163. The fourth-order valence-electron chi connectivity index (χ4n) is 2.25. The Morgan fingerprint density at radius 1 is 1.05 bits per heavy atom. The van der Waals surface area contributed by atoms with Gasteiger partial charge in [-0.05, 0) is 38.0 Å². The van der Waals surface area contributed by atoms with Crippen LogP contribution < -0.4 is 4.74 Å². The van der Waals surface area contributed by atoms with Crippen LogP contribution in [0.15, 0.2) is 42.5 Å². The molecule has 0 aliphatic carbocycles. The highest BCUT2D eigenvalue weighted by atomic mass is 79.9. The van der Waals surface area contributed by atoms with Gasteiger partial charge in [-0.1, -0.05) is 57.9 Å². The van der Waals surface area contributed by atoms with Gasteiger partial charge < -0.3 is 4.74 Å². The minimum Gasteiger partial charge on any atom is -0.494 e. The number of hydrogen-bond donors (Lipinski definition) is 0. The fourth-order valence-corrected chi connectivity index (χ4v) is 3.15. The summed E-state index contributed by atoms with van der Waals surface area (Å²) in [5.41, 5.74) is 5.06. The van der Waals surface area contributed by atoms with E-state index in [-0.39, 0.29) is 4.83 Å². The quantitative estimate of drug-likeness (QED) is 0.705. The summed E-state index contributed by atoms with van der Waals surface area (Å²) < 4.78 is 5.71. The van der Waals surface area contributed by atoms with E-state index in [4.69, 9.17) is 4.74 Å². The lowest BCUT2D eigenvalue weighted by atomic mass is 9.98. The van der Waals surface area contributed by atoms with E-state index in [1.54, 1.807) is 0 Å². The molecule has 0 amide bonds. The molecule has 1 atom stereocenters. The summed E-state index contributed by atoms with van der Waals surface area (Å²) in [5.74, 6) is 0.951. The highest BCUT2D eigenvalue weighted by Crippen LogP contribution is 2.37. The first-order valence-corrected chi connectivity index (χ1v) is 7.48. The fraction of sp³-hybridized carbons (Fsp3) is 0.294. The Bertz CT molecular complexity index is 563. The number of rotatable bonds is 4. The molecule has 0 N–H and O–H groups in total.